The van der Waals surface area contributed by atoms with Gasteiger partial charge < -0.3 is 10.1 Å². The van der Waals surface area contributed by atoms with Crippen molar-refractivity contribution in [2.45, 2.75) is 33.0 Å². The van der Waals surface area contributed by atoms with Gasteiger partial charge in [-0.05, 0) is 29.1 Å². The predicted molar refractivity (Wildman–Crippen MR) is 77.1 cm³/mol. The average molecular weight is 261 g/mol. The number of thiophene rings is 1. The molecule has 0 fully saturated rings. The SMILES string of the molecule is CC(C)NCc1ccc(OCc2cccs2)cc1. The maximum atomic E-state index is 5.72. The van der Waals surface area contributed by atoms with Crippen LogP contribution in [-0.2, 0) is 13.2 Å². The highest BCUT2D eigenvalue weighted by Gasteiger charge is 1.98. The lowest BCUT2D eigenvalue weighted by Gasteiger charge is -2.09. The van der Waals surface area contributed by atoms with Crippen molar-refractivity contribution in [2.24, 2.45) is 0 Å². The first kappa shape index (κ1) is 13.1. The van der Waals surface area contributed by atoms with E-state index in [2.05, 4.69) is 42.7 Å². The van der Waals surface area contributed by atoms with Crippen molar-refractivity contribution in [2.75, 3.05) is 0 Å². The molecule has 0 bridgehead atoms. The molecule has 2 rings (SSSR count). The first-order chi connectivity index (χ1) is 8.74. The van der Waals surface area contributed by atoms with Crippen LogP contribution in [0, 0.1) is 0 Å². The Bertz CT molecular complexity index is 448. The molecule has 0 aliphatic heterocycles. The lowest BCUT2D eigenvalue weighted by atomic mass is 10.2. The topological polar surface area (TPSA) is 21.3 Å². The highest BCUT2D eigenvalue weighted by Crippen LogP contribution is 2.16. The summed E-state index contributed by atoms with van der Waals surface area (Å²) in [5, 5.41) is 5.47. The van der Waals surface area contributed by atoms with Gasteiger partial charge in [0.05, 0.1) is 0 Å². The van der Waals surface area contributed by atoms with E-state index < -0.39 is 0 Å². The summed E-state index contributed by atoms with van der Waals surface area (Å²) in [5.74, 6) is 0.927. The zero-order chi connectivity index (χ0) is 12.8. The van der Waals surface area contributed by atoms with Gasteiger partial charge in [-0.1, -0.05) is 32.0 Å². The fraction of sp³-hybridized carbons (Fsp3) is 0.333. The summed E-state index contributed by atoms with van der Waals surface area (Å²) in [6.45, 7) is 5.86. The average Bonchev–Trinajstić information content (AvgIpc) is 2.88. The zero-order valence-electron chi connectivity index (χ0n) is 10.8. The summed E-state index contributed by atoms with van der Waals surface area (Å²) in [4.78, 5) is 1.25. The third-order valence-corrected chi connectivity index (χ3v) is 3.45. The van der Waals surface area contributed by atoms with Gasteiger partial charge in [-0.25, -0.2) is 0 Å². The molecule has 18 heavy (non-hydrogen) atoms. The molecule has 0 unspecified atom stereocenters. The van der Waals surface area contributed by atoms with Crippen LogP contribution in [0.5, 0.6) is 5.75 Å². The smallest absolute Gasteiger partial charge is 0.122 e. The van der Waals surface area contributed by atoms with Crippen molar-refractivity contribution in [1.82, 2.24) is 5.32 Å². The summed E-state index contributed by atoms with van der Waals surface area (Å²) in [6, 6.07) is 12.9. The largest absolute Gasteiger partial charge is 0.488 e. The first-order valence-corrected chi connectivity index (χ1v) is 7.09. The third-order valence-electron chi connectivity index (χ3n) is 2.60. The van der Waals surface area contributed by atoms with Gasteiger partial charge >= 0.3 is 0 Å². The van der Waals surface area contributed by atoms with E-state index in [9.17, 15) is 0 Å². The summed E-state index contributed by atoms with van der Waals surface area (Å²) in [6.07, 6.45) is 0. The second-order valence-electron chi connectivity index (χ2n) is 4.55. The van der Waals surface area contributed by atoms with Crippen LogP contribution < -0.4 is 10.1 Å². The molecule has 3 heteroatoms. The number of hydrogen-bond acceptors (Lipinski definition) is 3. The van der Waals surface area contributed by atoms with Gasteiger partial charge in [-0.2, -0.15) is 0 Å². The van der Waals surface area contributed by atoms with Gasteiger partial charge in [-0.15, -0.1) is 11.3 Å². The van der Waals surface area contributed by atoms with E-state index in [1.165, 1.54) is 10.4 Å². The summed E-state index contributed by atoms with van der Waals surface area (Å²) >= 11 is 1.72. The highest BCUT2D eigenvalue weighted by molar-refractivity contribution is 7.09. The van der Waals surface area contributed by atoms with Crippen molar-refractivity contribution < 1.29 is 4.74 Å². The van der Waals surface area contributed by atoms with Crippen LogP contribution in [-0.4, -0.2) is 6.04 Å². The van der Waals surface area contributed by atoms with Crippen LogP contribution in [0.15, 0.2) is 41.8 Å². The minimum atomic E-state index is 0.514. The molecule has 0 radical (unpaired) electrons. The van der Waals surface area contributed by atoms with E-state index in [1.807, 2.05) is 18.2 Å². The molecule has 0 aliphatic rings. The monoisotopic (exact) mass is 261 g/mol. The number of ether oxygens (including phenoxy) is 1. The number of rotatable bonds is 6. The minimum absolute atomic E-state index is 0.514. The zero-order valence-corrected chi connectivity index (χ0v) is 11.7. The molecule has 0 spiro atoms. The Morgan fingerprint density at radius 3 is 2.56 bits per heavy atom. The Morgan fingerprint density at radius 2 is 1.94 bits per heavy atom. The molecule has 0 saturated heterocycles. The van der Waals surface area contributed by atoms with Gasteiger partial charge in [0, 0.05) is 17.5 Å². The van der Waals surface area contributed by atoms with Crippen LogP contribution >= 0.6 is 11.3 Å². The quantitative estimate of drug-likeness (QED) is 0.853. The lowest BCUT2D eigenvalue weighted by molar-refractivity contribution is 0.309. The fourth-order valence-corrected chi connectivity index (χ4v) is 2.19. The normalized spacial score (nSPS) is 10.8. The summed E-state index contributed by atoms with van der Waals surface area (Å²) in [5.41, 5.74) is 1.28. The number of hydrogen-bond donors (Lipinski definition) is 1. The van der Waals surface area contributed by atoms with Crippen LogP contribution in [0.2, 0.25) is 0 Å². The van der Waals surface area contributed by atoms with E-state index in [0.29, 0.717) is 12.6 Å². The van der Waals surface area contributed by atoms with E-state index in [-0.39, 0.29) is 0 Å². The van der Waals surface area contributed by atoms with Gasteiger partial charge in [0.2, 0.25) is 0 Å². The van der Waals surface area contributed by atoms with Crippen molar-refractivity contribution in [3.05, 3.63) is 52.2 Å². The molecule has 0 aliphatic carbocycles. The maximum absolute atomic E-state index is 5.72. The van der Waals surface area contributed by atoms with Crippen molar-refractivity contribution in [3.63, 3.8) is 0 Å². The van der Waals surface area contributed by atoms with Gasteiger partial charge in [0.1, 0.15) is 12.4 Å². The Kier molecular flexibility index (Phi) is 4.79. The molecule has 1 aromatic carbocycles. The summed E-state index contributed by atoms with van der Waals surface area (Å²) in [7, 11) is 0. The van der Waals surface area contributed by atoms with Gasteiger partial charge in [0.15, 0.2) is 0 Å². The maximum Gasteiger partial charge on any atom is 0.122 e. The number of benzene rings is 1. The van der Waals surface area contributed by atoms with E-state index in [0.717, 1.165) is 12.3 Å². The van der Waals surface area contributed by atoms with E-state index >= 15 is 0 Å². The molecule has 0 saturated carbocycles. The Hall–Kier alpha value is -1.32. The molecule has 1 N–H and O–H groups in total. The minimum Gasteiger partial charge on any atom is -0.488 e. The second kappa shape index (κ2) is 6.57. The standard InChI is InChI=1S/C15H19NOS/c1-12(2)16-10-13-5-7-14(8-6-13)17-11-15-4-3-9-18-15/h3-9,12,16H,10-11H2,1-2H3. The second-order valence-corrected chi connectivity index (χ2v) is 5.58. The Labute approximate surface area is 113 Å². The van der Waals surface area contributed by atoms with Crippen LogP contribution in [0.3, 0.4) is 0 Å². The van der Waals surface area contributed by atoms with Crippen LogP contribution in [0.25, 0.3) is 0 Å². The third kappa shape index (κ3) is 4.17. The van der Waals surface area contributed by atoms with Crippen molar-refractivity contribution in [3.8, 4) is 5.75 Å². The molecular weight excluding hydrogens is 242 g/mol. The van der Waals surface area contributed by atoms with Crippen LogP contribution in [0.4, 0.5) is 0 Å². The molecule has 1 aromatic heterocycles. The Balaban J connectivity index is 1.83. The number of nitrogens with one attached hydrogen (secondary N) is 1. The first-order valence-electron chi connectivity index (χ1n) is 6.21. The highest BCUT2D eigenvalue weighted by atomic mass is 32.1. The van der Waals surface area contributed by atoms with E-state index in [4.69, 9.17) is 4.74 Å². The van der Waals surface area contributed by atoms with E-state index in [1.54, 1.807) is 11.3 Å². The molecule has 96 valence electrons. The van der Waals surface area contributed by atoms with Crippen LogP contribution in [0.1, 0.15) is 24.3 Å². The molecule has 0 amide bonds. The Morgan fingerprint density at radius 1 is 1.17 bits per heavy atom. The van der Waals surface area contributed by atoms with Crippen molar-refractivity contribution in [1.29, 1.82) is 0 Å². The molecule has 0 atom stereocenters. The molecule has 2 aromatic rings. The molecule has 2 nitrogen and oxygen atoms in total. The fourth-order valence-electron chi connectivity index (χ4n) is 1.57. The van der Waals surface area contributed by atoms with Gasteiger partial charge in [0.25, 0.3) is 0 Å². The molecular formula is C15H19NOS. The van der Waals surface area contributed by atoms with Gasteiger partial charge in [-0.3, -0.25) is 0 Å². The molecule has 1 heterocycles. The van der Waals surface area contributed by atoms with Crippen molar-refractivity contribution >= 4 is 11.3 Å². The lowest BCUT2D eigenvalue weighted by Crippen LogP contribution is -2.21. The predicted octanol–water partition coefficient (Wildman–Crippen LogP) is 3.83. The summed E-state index contributed by atoms with van der Waals surface area (Å²) < 4.78 is 5.72.